The molecule has 1 aromatic heterocycles. The number of guanidine groups is 1. The van der Waals surface area contributed by atoms with Gasteiger partial charge in [0.2, 0.25) is 0 Å². The maximum Gasteiger partial charge on any atom is 0.191 e. The third kappa shape index (κ3) is 8.32. The Hall–Kier alpha value is -1.39. The molecule has 0 aliphatic carbocycles. The molecule has 0 aliphatic heterocycles. The number of halogens is 1. The Morgan fingerprint density at radius 3 is 2.61 bits per heavy atom. The number of nitrogens with one attached hydrogen (secondary N) is 2. The zero-order chi connectivity index (χ0) is 19.6. The first-order chi connectivity index (χ1) is 13.0. The monoisotopic (exact) mass is 517 g/mol. The van der Waals surface area contributed by atoms with Crippen LogP contribution in [0.5, 0.6) is 5.75 Å². The number of aliphatic imine (C=N–C) groups is 1. The van der Waals surface area contributed by atoms with E-state index in [4.69, 9.17) is 4.74 Å². The van der Waals surface area contributed by atoms with Crippen LogP contribution in [0.2, 0.25) is 0 Å². The van der Waals surface area contributed by atoms with Crippen LogP contribution in [0.25, 0.3) is 0 Å². The first-order valence-electron chi connectivity index (χ1n) is 9.22. The van der Waals surface area contributed by atoms with Crippen molar-refractivity contribution in [2.75, 3.05) is 40.8 Å². The van der Waals surface area contributed by atoms with Crippen molar-refractivity contribution in [2.24, 2.45) is 4.99 Å². The Kier molecular flexibility index (Phi) is 11.4. The lowest BCUT2D eigenvalue weighted by atomic mass is 10.2. The van der Waals surface area contributed by atoms with Gasteiger partial charge in [-0.05, 0) is 34.0 Å². The molecule has 2 aromatic rings. The summed E-state index contributed by atoms with van der Waals surface area (Å²) in [5.74, 6) is 1.69. The maximum atomic E-state index is 5.92. The highest BCUT2D eigenvalue weighted by Gasteiger charge is 2.06. The van der Waals surface area contributed by atoms with Crippen LogP contribution >= 0.6 is 35.3 Å². The molecule has 1 aromatic carbocycles. The van der Waals surface area contributed by atoms with Crippen LogP contribution in [0.1, 0.15) is 21.1 Å². The molecule has 6 nitrogen and oxygen atoms in total. The van der Waals surface area contributed by atoms with Gasteiger partial charge in [-0.25, -0.2) is 4.98 Å². The molecule has 0 spiro atoms. The van der Waals surface area contributed by atoms with E-state index < -0.39 is 0 Å². The number of rotatable bonds is 9. The van der Waals surface area contributed by atoms with Gasteiger partial charge in [-0.1, -0.05) is 18.2 Å². The fourth-order valence-corrected chi connectivity index (χ4v) is 3.40. The van der Waals surface area contributed by atoms with E-state index in [0.717, 1.165) is 47.5 Å². The highest BCUT2D eigenvalue weighted by molar-refractivity contribution is 14.0. The molecule has 0 saturated heterocycles. The van der Waals surface area contributed by atoms with Crippen molar-refractivity contribution in [2.45, 2.75) is 26.8 Å². The van der Waals surface area contributed by atoms with Gasteiger partial charge in [-0.15, -0.1) is 35.3 Å². The predicted molar refractivity (Wildman–Crippen MR) is 129 cm³/mol. The fourth-order valence-electron chi connectivity index (χ4n) is 2.46. The van der Waals surface area contributed by atoms with E-state index >= 15 is 0 Å². The van der Waals surface area contributed by atoms with Gasteiger partial charge in [-0.3, -0.25) is 4.99 Å². The van der Waals surface area contributed by atoms with Gasteiger partial charge in [0.1, 0.15) is 12.4 Å². The number of thiazole rings is 1. The second-order valence-electron chi connectivity index (χ2n) is 6.61. The lowest BCUT2D eigenvalue weighted by Gasteiger charge is -2.16. The lowest BCUT2D eigenvalue weighted by Crippen LogP contribution is -2.38. The quantitative estimate of drug-likeness (QED) is 0.304. The Balaban J connectivity index is 0.00000392. The van der Waals surface area contributed by atoms with E-state index in [1.165, 1.54) is 4.88 Å². The van der Waals surface area contributed by atoms with E-state index in [9.17, 15) is 0 Å². The molecule has 0 aliphatic rings. The van der Waals surface area contributed by atoms with Crippen molar-refractivity contribution < 1.29 is 4.74 Å². The van der Waals surface area contributed by atoms with Crippen LogP contribution in [0.3, 0.4) is 0 Å². The topological polar surface area (TPSA) is 61.8 Å². The highest BCUT2D eigenvalue weighted by Crippen LogP contribution is 2.18. The summed E-state index contributed by atoms with van der Waals surface area (Å²) >= 11 is 1.76. The summed E-state index contributed by atoms with van der Waals surface area (Å²) in [6.07, 6.45) is 0.893. The van der Waals surface area contributed by atoms with Crippen LogP contribution in [-0.2, 0) is 13.0 Å². The van der Waals surface area contributed by atoms with Crippen LogP contribution in [0.4, 0.5) is 0 Å². The van der Waals surface area contributed by atoms with Gasteiger partial charge in [-0.2, -0.15) is 0 Å². The van der Waals surface area contributed by atoms with Crippen LogP contribution < -0.4 is 15.4 Å². The van der Waals surface area contributed by atoms with Gasteiger partial charge in [0.05, 0.1) is 10.7 Å². The van der Waals surface area contributed by atoms with Gasteiger partial charge >= 0.3 is 0 Å². The van der Waals surface area contributed by atoms with E-state index in [1.54, 1.807) is 18.4 Å². The van der Waals surface area contributed by atoms with Crippen molar-refractivity contribution in [3.05, 3.63) is 45.4 Å². The normalized spacial score (nSPS) is 11.3. The summed E-state index contributed by atoms with van der Waals surface area (Å²) in [5, 5.41) is 7.87. The molecule has 0 bridgehead atoms. The molecule has 0 unspecified atom stereocenters. The van der Waals surface area contributed by atoms with Gasteiger partial charge in [0.15, 0.2) is 5.96 Å². The van der Waals surface area contributed by atoms with Crippen molar-refractivity contribution in [3.63, 3.8) is 0 Å². The Morgan fingerprint density at radius 2 is 1.96 bits per heavy atom. The average molecular weight is 517 g/mol. The molecule has 2 rings (SSSR count). The minimum atomic E-state index is 0. The fraction of sp³-hybridized carbons (Fsp3) is 0.500. The molecule has 156 valence electrons. The third-order valence-corrected chi connectivity index (χ3v) is 5.28. The number of hydrogen-bond acceptors (Lipinski definition) is 5. The molecular weight excluding hydrogens is 485 g/mol. The molecule has 28 heavy (non-hydrogen) atoms. The third-order valence-electron chi connectivity index (χ3n) is 4.14. The molecule has 2 N–H and O–H groups in total. The smallest absolute Gasteiger partial charge is 0.191 e. The second kappa shape index (κ2) is 12.9. The molecular formula is C20H32IN5OS. The van der Waals surface area contributed by atoms with Gasteiger partial charge in [0, 0.05) is 43.5 Å². The molecule has 0 amide bonds. The van der Waals surface area contributed by atoms with Gasteiger partial charge < -0.3 is 20.3 Å². The van der Waals surface area contributed by atoms with E-state index in [0.29, 0.717) is 13.2 Å². The van der Waals surface area contributed by atoms with Crippen molar-refractivity contribution in [1.82, 2.24) is 20.5 Å². The number of likely N-dealkylation sites (N-methyl/N-ethyl adjacent to an activating group) is 1. The van der Waals surface area contributed by atoms with Crippen molar-refractivity contribution in [3.8, 4) is 5.75 Å². The van der Waals surface area contributed by atoms with Crippen molar-refractivity contribution >= 4 is 41.3 Å². The largest absolute Gasteiger partial charge is 0.492 e. The summed E-state index contributed by atoms with van der Waals surface area (Å²) in [6, 6.07) is 8.11. The minimum Gasteiger partial charge on any atom is -0.492 e. The highest BCUT2D eigenvalue weighted by atomic mass is 127. The van der Waals surface area contributed by atoms with E-state index in [1.807, 2.05) is 32.3 Å². The Morgan fingerprint density at radius 1 is 1.21 bits per heavy atom. The average Bonchev–Trinajstić information content (AvgIpc) is 2.96. The lowest BCUT2D eigenvalue weighted by molar-refractivity contribution is 0.259. The van der Waals surface area contributed by atoms with Crippen LogP contribution in [-0.4, -0.2) is 56.7 Å². The summed E-state index contributed by atoms with van der Waals surface area (Å²) < 4.78 is 5.92. The number of aromatic nitrogens is 1. The first-order valence-corrected chi connectivity index (χ1v) is 10.0. The van der Waals surface area contributed by atoms with Crippen LogP contribution in [0.15, 0.2) is 29.3 Å². The van der Waals surface area contributed by atoms with Crippen molar-refractivity contribution in [1.29, 1.82) is 0 Å². The maximum absolute atomic E-state index is 5.92. The predicted octanol–water partition coefficient (Wildman–Crippen LogP) is 3.23. The molecule has 0 radical (unpaired) electrons. The van der Waals surface area contributed by atoms with Crippen LogP contribution in [0, 0.1) is 13.8 Å². The second-order valence-corrected chi connectivity index (χ2v) is 7.90. The number of para-hydroxylation sites is 1. The summed E-state index contributed by atoms with van der Waals surface area (Å²) in [7, 11) is 5.87. The number of benzene rings is 1. The number of hydrogen-bond donors (Lipinski definition) is 2. The Labute approximate surface area is 189 Å². The number of ether oxygens (including phenoxy) is 1. The standard InChI is InChI=1S/C20H31N5OS.HI/c1-15-16(2)27-19(24-15)10-11-22-20(21-3)23-14-17-8-6-7-9-18(17)26-13-12-25(4)5;/h6-9H,10-14H2,1-5H3,(H2,21,22,23);1H. The van der Waals surface area contributed by atoms with E-state index in [-0.39, 0.29) is 24.0 Å². The molecule has 0 saturated carbocycles. The summed E-state index contributed by atoms with van der Waals surface area (Å²) in [5.41, 5.74) is 2.24. The van der Waals surface area contributed by atoms with E-state index in [2.05, 4.69) is 45.4 Å². The minimum absolute atomic E-state index is 0. The molecule has 1 heterocycles. The SMILES string of the molecule is CN=C(NCCc1nc(C)c(C)s1)NCc1ccccc1OCCN(C)C.I. The molecule has 8 heteroatoms. The summed E-state index contributed by atoms with van der Waals surface area (Å²) in [4.78, 5) is 12.3. The zero-order valence-corrected chi connectivity index (χ0v) is 20.6. The zero-order valence-electron chi connectivity index (χ0n) is 17.4. The number of aryl methyl sites for hydroxylation is 2. The summed E-state index contributed by atoms with van der Waals surface area (Å²) in [6.45, 7) is 7.19. The Bertz CT molecular complexity index is 728. The van der Waals surface area contributed by atoms with Gasteiger partial charge in [0.25, 0.3) is 0 Å². The molecule has 0 atom stereocenters. The first kappa shape index (κ1) is 24.6. The number of nitrogens with zero attached hydrogens (tertiary/aromatic N) is 3. The molecule has 0 fully saturated rings.